The van der Waals surface area contributed by atoms with Crippen LogP contribution in [-0.4, -0.2) is 83.4 Å². The van der Waals surface area contributed by atoms with E-state index in [1.165, 1.54) is 16.1 Å². The van der Waals surface area contributed by atoms with E-state index in [0.717, 1.165) is 32.4 Å². The van der Waals surface area contributed by atoms with Crippen LogP contribution in [0.2, 0.25) is 0 Å². The summed E-state index contributed by atoms with van der Waals surface area (Å²) in [5, 5.41) is 9.45. The third-order valence-electron chi connectivity index (χ3n) is 6.18. The number of sulfonamides is 1. The number of amides is 1. The summed E-state index contributed by atoms with van der Waals surface area (Å²) in [4.78, 5) is 14.7. The molecule has 9 nitrogen and oxygen atoms in total. The molecule has 2 saturated heterocycles. The minimum atomic E-state index is -3.61. The van der Waals surface area contributed by atoms with Gasteiger partial charge in [-0.1, -0.05) is 30.8 Å². The van der Waals surface area contributed by atoms with Gasteiger partial charge >= 0.3 is 0 Å². The van der Waals surface area contributed by atoms with Gasteiger partial charge in [0.05, 0.1) is 23.9 Å². The zero-order valence-electron chi connectivity index (χ0n) is 19.1. The van der Waals surface area contributed by atoms with E-state index in [-0.39, 0.29) is 16.8 Å². The van der Waals surface area contributed by atoms with Crippen molar-refractivity contribution in [1.82, 2.24) is 24.0 Å². The summed E-state index contributed by atoms with van der Waals surface area (Å²) in [6.07, 6.45) is 2.98. The average Bonchev–Trinajstić information content (AvgIpc) is 3.53. The van der Waals surface area contributed by atoms with Gasteiger partial charge in [0.2, 0.25) is 15.9 Å². The van der Waals surface area contributed by atoms with Gasteiger partial charge in [-0.05, 0) is 38.3 Å². The molecular weight excluding hydrogens is 462 g/mol. The van der Waals surface area contributed by atoms with Crippen LogP contribution in [0.5, 0.6) is 0 Å². The van der Waals surface area contributed by atoms with Gasteiger partial charge in [0.25, 0.3) is 0 Å². The van der Waals surface area contributed by atoms with Crippen molar-refractivity contribution in [2.45, 2.75) is 49.2 Å². The van der Waals surface area contributed by atoms with Crippen LogP contribution >= 0.6 is 11.8 Å². The molecule has 2 aliphatic rings. The first-order valence-corrected chi connectivity index (χ1v) is 13.9. The number of benzene rings is 1. The molecule has 1 aromatic heterocycles. The van der Waals surface area contributed by atoms with Gasteiger partial charge in [0, 0.05) is 37.8 Å². The number of thioether (sulfide) groups is 1. The van der Waals surface area contributed by atoms with Gasteiger partial charge < -0.3 is 9.64 Å². The molecule has 0 N–H and O–H groups in total. The molecule has 2 fully saturated rings. The molecule has 1 aromatic carbocycles. The number of aromatic nitrogens is 3. The highest BCUT2D eigenvalue weighted by Crippen LogP contribution is 2.31. The standard InChI is InChI=1S/C22H31N5O4S2/c1-3-17(2)27-21(23-24-22(27)32-16-20(28)25-9-4-5-10-25)18-7-6-8-19(15-18)33(29,30)26-11-13-31-14-12-26/h6-8,15,17H,3-5,9-14,16H2,1-2H3. The Morgan fingerprint density at radius 3 is 2.58 bits per heavy atom. The van der Waals surface area contributed by atoms with Gasteiger partial charge in [0.15, 0.2) is 11.0 Å². The molecule has 2 aliphatic heterocycles. The van der Waals surface area contributed by atoms with Crippen molar-refractivity contribution in [2.75, 3.05) is 45.1 Å². The number of hydrogen-bond acceptors (Lipinski definition) is 7. The Bertz CT molecular complexity index is 1080. The Hall–Kier alpha value is -1.95. The van der Waals surface area contributed by atoms with Crippen LogP contribution in [0.1, 0.15) is 39.2 Å². The van der Waals surface area contributed by atoms with Gasteiger partial charge in [-0.2, -0.15) is 4.31 Å². The summed E-state index contributed by atoms with van der Waals surface area (Å²) in [6.45, 7) is 7.31. The summed E-state index contributed by atoms with van der Waals surface area (Å²) < 4.78 is 35.0. The number of nitrogens with zero attached hydrogens (tertiary/aromatic N) is 5. The molecule has 11 heteroatoms. The highest BCUT2D eigenvalue weighted by molar-refractivity contribution is 7.99. The fourth-order valence-electron chi connectivity index (χ4n) is 4.07. The molecule has 1 amide bonds. The van der Waals surface area contributed by atoms with Crippen LogP contribution in [0, 0.1) is 0 Å². The second-order valence-corrected chi connectivity index (χ2v) is 11.2. The molecule has 33 heavy (non-hydrogen) atoms. The minimum Gasteiger partial charge on any atom is -0.379 e. The number of likely N-dealkylation sites (tertiary alicyclic amines) is 1. The van der Waals surface area contributed by atoms with E-state index in [1.807, 2.05) is 15.5 Å². The maximum atomic E-state index is 13.1. The van der Waals surface area contributed by atoms with Crippen molar-refractivity contribution in [3.63, 3.8) is 0 Å². The first kappa shape index (κ1) is 24.2. The Labute approximate surface area is 199 Å². The van der Waals surface area contributed by atoms with E-state index in [9.17, 15) is 13.2 Å². The van der Waals surface area contributed by atoms with Gasteiger partial charge in [-0.15, -0.1) is 10.2 Å². The SMILES string of the molecule is CCC(C)n1c(SCC(=O)N2CCCC2)nnc1-c1cccc(S(=O)(=O)N2CCOCC2)c1. The van der Waals surface area contributed by atoms with Crippen molar-refractivity contribution in [3.05, 3.63) is 24.3 Å². The predicted molar refractivity (Wildman–Crippen MR) is 127 cm³/mol. The zero-order chi connectivity index (χ0) is 23.4. The first-order chi connectivity index (χ1) is 15.9. The summed E-state index contributed by atoms with van der Waals surface area (Å²) in [5.74, 6) is 1.05. The van der Waals surface area contributed by atoms with E-state index in [0.29, 0.717) is 48.6 Å². The number of rotatable bonds is 8. The maximum Gasteiger partial charge on any atom is 0.243 e. The van der Waals surface area contributed by atoms with Crippen molar-refractivity contribution in [1.29, 1.82) is 0 Å². The summed E-state index contributed by atoms with van der Waals surface area (Å²) >= 11 is 1.39. The molecule has 180 valence electrons. The highest BCUT2D eigenvalue weighted by atomic mass is 32.2. The number of hydrogen-bond donors (Lipinski definition) is 0. The lowest BCUT2D eigenvalue weighted by Crippen LogP contribution is -2.40. The van der Waals surface area contributed by atoms with Crippen LogP contribution in [0.4, 0.5) is 0 Å². The number of morpholine rings is 1. The van der Waals surface area contributed by atoms with Crippen LogP contribution in [0.15, 0.2) is 34.3 Å². The van der Waals surface area contributed by atoms with Crippen LogP contribution in [0.25, 0.3) is 11.4 Å². The van der Waals surface area contributed by atoms with E-state index in [2.05, 4.69) is 24.0 Å². The molecule has 1 atom stereocenters. The molecule has 2 aromatic rings. The molecule has 3 heterocycles. The molecular formula is C22H31N5O4S2. The minimum absolute atomic E-state index is 0.0962. The zero-order valence-corrected chi connectivity index (χ0v) is 20.8. The van der Waals surface area contributed by atoms with Crippen molar-refractivity contribution in [2.24, 2.45) is 0 Å². The summed E-state index contributed by atoms with van der Waals surface area (Å²) in [6, 6.07) is 6.96. The second-order valence-electron chi connectivity index (χ2n) is 8.35. The van der Waals surface area contributed by atoms with Crippen LogP contribution in [-0.2, 0) is 19.6 Å². The van der Waals surface area contributed by atoms with Gasteiger partial charge in [-0.3, -0.25) is 9.36 Å². The lowest BCUT2D eigenvalue weighted by atomic mass is 10.2. The lowest BCUT2D eigenvalue weighted by molar-refractivity contribution is -0.127. The first-order valence-electron chi connectivity index (χ1n) is 11.5. The largest absolute Gasteiger partial charge is 0.379 e. The topological polar surface area (TPSA) is 97.6 Å². The molecule has 1 unspecified atom stereocenters. The third kappa shape index (κ3) is 5.26. The number of carbonyl (C=O) groups excluding carboxylic acids is 1. The molecule has 4 rings (SSSR count). The van der Waals surface area contributed by atoms with Crippen molar-refractivity contribution in [3.8, 4) is 11.4 Å². The Morgan fingerprint density at radius 2 is 1.88 bits per heavy atom. The molecule has 0 bridgehead atoms. The smallest absolute Gasteiger partial charge is 0.243 e. The normalized spacial score (nSPS) is 18.5. The Balaban J connectivity index is 1.60. The van der Waals surface area contributed by atoms with E-state index < -0.39 is 10.0 Å². The van der Waals surface area contributed by atoms with Crippen molar-refractivity contribution < 1.29 is 17.9 Å². The lowest BCUT2D eigenvalue weighted by Gasteiger charge is -2.26. The number of carbonyl (C=O) groups is 1. The summed E-state index contributed by atoms with van der Waals surface area (Å²) in [7, 11) is -3.61. The second kappa shape index (κ2) is 10.5. The fraction of sp³-hybridized carbons (Fsp3) is 0.591. The quantitative estimate of drug-likeness (QED) is 0.522. The van der Waals surface area contributed by atoms with E-state index in [4.69, 9.17) is 4.74 Å². The fourth-order valence-corrected chi connectivity index (χ4v) is 6.46. The maximum absolute atomic E-state index is 13.1. The van der Waals surface area contributed by atoms with E-state index in [1.54, 1.807) is 18.2 Å². The van der Waals surface area contributed by atoms with E-state index >= 15 is 0 Å². The number of ether oxygens (including phenoxy) is 1. The third-order valence-corrected chi connectivity index (χ3v) is 9.00. The van der Waals surface area contributed by atoms with Gasteiger partial charge in [0.1, 0.15) is 0 Å². The van der Waals surface area contributed by atoms with Crippen LogP contribution in [0.3, 0.4) is 0 Å². The Morgan fingerprint density at radius 1 is 1.15 bits per heavy atom. The monoisotopic (exact) mass is 493 g/mol. The van der Waals surface area contributed by atoms with Crippen molar-refractivity contribution >= 4 is 27.7 Å². The average molecular weight is 494 g/mol. The molecule has 0 radical (unpaired) electrons. The Kier molecular flexibility index (Phi) is 7.72. The summed E-state index contributed by atoms with van der Waals surface area (Å²) in [5.41, 5.74) is 0.690. The highest BCUT2D eigenvalue weighted by Gasteiger charge is 2.28. The predicted octanol–water partition coefficient (Wildman–Crippen LogP) is 2.65. The molecule has 0 aliphatic carbocycles. The van der Waals surface area contributed by atoms with Crippen LogP contribution < -0.4 is 0 Å². The molecule has 0 saturated carbocycles. The molecule has 0 spiro atoms. The van der Waals surface area contributed by atoms with Gasteiger partial charge in [-0.25, -0.2) is 8.42 Å².